The lowest BCUT2D eigenvalue weighted by Gasteiger charge is -2.15. The first kappa shape index (κ1) is 31.0. The van der Waals surface area contributed by atoms with Crippen LogP contribution in [0.4, 0.5) is 16.2 Å². The van der Waals surface area contributed by atoms with Crippen LogP contribution in [0.2, 0.25) is 5.02 Å². The van der Waals surface area contributed by atoms with Crippen molar-refractivity contribution in [3.63, 3.8) is 0 Å². The molecule has 39 heavy (non-hydrogen) atoms. The molecule has 2 N–H and O–H groups in total. The third-order valence-corrected chi connectivity index (χ3v) is 8.10. The number of amides is 2. The molecular weight excluding hydrogens is 526 g/mol. The second kappa shape index (κ2) is 17.9. The fraction of sp³-hybridized carbons (Fsp3) is 0.500. The zero-order valence-corrected chi connectivity index (χ0v) is 25.2. The number of anilines is 2. The first-order valence-electron chi connectivity index (χ1n) is 14.6. The van der Waals surface area contributed by atoms with E-state index in [9.17, 15) is 4.79 Å². The van der Waals surface area contributed by atoms with Gasteiger partial charge in [0, 0.05) is 12.5 Å². The van der Waals surface area contributed by atoms with Crippen molar-refractivity contribution in [2.75, 3.05) is 17.2 Å². The molecule has 0 aliphatic rings. The Morgan fingerprint density at radius 2 is 1.46 bits per heavy atom. The summed E-state index contributed by atoms with van der Waals surface area (Å²) in [6.45, 7) is 5.62. The van der Waals surface area contributed by atoms with Crippen LogP contribution in [-0.2, 0) is 6.54 Å². The van der Waals surface area contributed by atoms with Crippen LogP contribution in [0.25, 0.3) is 0 Å². The number of halogens is 1. The van der Waals surface area contributed by atoms with Crippen LogP contribution in [0, 0.1) is 6.92 Å². The summed E-state index contributed by atoms with van der Waals surface area (Å²) < 4.78 is 8.21. The smallest absolute Gasteiger partial charge is 0.323 e. The van der Waals surface area contributed by atoms with Gasteiger partial charge in [0.05, 0.1) is 28.4 Å². The molecule has 0 bridgehead atoms. The number of para-hydroxylation sites is 2. The van der Waals surface area contributed by atoms with Crippen LogP contribution < -0.4 is 19.9 Å². The zero-order valence-electron chi connectivity index (χ0n) is 23.6. The molecule has 0 saturated carbocycles. The summed E-state index contributed by atoms with van der Waals surface area (Å²) in [5.74, 6) is 0.523. The molecule has 3 rings (SSSR count). The van der Waals surface area contributed by atoms with E-state index in [1.165, 1.54) is 69.9 Å². The van der Waals surface area contributed by atoms with Crippen LogP contribution in [0.1, 0.15) is 95.2 Å². The number of carbonyl (C=O) groups excluding carboxylic acids is 1. The first-order valence-corrected chi connectivity index (χ1v) is 15.9. The summed E-state index contributed by atoms with van der Waals surface area (Å²) in [7, 11) is 0. The van der Waals surface area contributed by atoms with E-state index in [1.807, 2.05) is 36.4 Å². The second-order valence-electron chi connectivity index (χ2n) is 10.2. The molecule has 0 radical (unpaired) electrons. The number of nitrogens with one attached hydrogen (secondary N) is 2. The largest absolute Gasteiger partial charge is 0.490 e. The number of thiazole rings is 1. The number of benzene rings is 2. The monoisotopic (exact) mass is 570 g/mol. The van der Waals surface area contributed by atoms with Crippen LogP contribution in [0.5, 0.6) is 5.75 Å². The Morgan fingerprint density at radius 3 is 2.13 bits per heavy atom. The zero-order chi connectivity index (χ0) is 27.7. The highest BCUT2D eigenvalue weighted by molar-refractivity contribution is 7.07. The molecule has 0 atom stereocenters. The fourth-order valence-electron chi connectivity index (χ4n) is 4.63. The lowest BCUT2D eigenvalue weighted by atomic mass is 10.1. The number of ether oxygens (including phenoxy) is 1. The van der Waals surface area contributed by atoms with E-state index < -0.39 is 0 Å². The summed E-state index contributed by atoms with van der Waals surface area (Å²) in [5, 5.41) is 8.53. The molecule has 2 amide bonds. The number of unbranched alkanes of at least 4 members (excludes halogenated alkanes) is 11. The molecule has 2 aromatic carbocycles. The molecule has 0 aliphatic heterocycles. The molecule has 0 saturated heterocycles. The van der Waals surface area contributed by atoms with Crippen molar-refractivity contribution in [3.8, 4) is 5.75 Å². The number of hydrogen-bond acceptors (Lipinski definition) is 3. The van der Waals surface area contributed by atoms with Gasteiger partial charge < -0.3 is 15.4 Å². The molecule has 0 spiro atoms. The Kier molecular flexibility index (Phi) is 14.2. The summed E-state index contributed by atoms with van der Waals surface area (Å²) >= 11 is 8.11. The van der Waals surface area contributed by atoms with Crippen molar-refractivity contribution >= 4 is 40.3 Å². The molecule has 1 heterocycles. The first-order chi connectivity index (χ1) is 19.1. The average molecular weight is 571 g/mol. The second-order valence-corrected chi connectivity index (χ2v) is 11.3. The molecule has 3 aromatic rings. The molecule has 1 aromatic heterocycles. The molecule has 212 valence electrons. The minimum absolute atomic E-state index is 0.327. The predicted molar refractivity (Wildman–Crippen MR) is 165 cm³/mol. The standard InChI is InChI=1S/C32H44ClN3O2S/c1-3-4-5-6-7-8-9-10-11-12-13-16-22-38-31-28(33)19-17-21-30(31)35-32(37)34-29-20-15-14-18-27(29)23-36-25-39-24-26(36)2/h14-15,17-21,24-25H,3-13,16,22-23H2,1-2H3,(H-,34,35,37)/p+1. The predicted octanol–water partition coefficient (Wildman–Crippen LogP) is 9.77. The highest BCUT2D eigenvalue weighted by Gasteiger charge is 2.15. The third-order valence-electron chi connectivity index (χ3n) is 6.95. The Morgan fingerprint density at radius 1 is 0.846 bits per heavy atom. The van der Waals surface area contributed by atoms with Gasteiger partial charge in [0.2, 0.25) is 5.51 Å². The molecule has 5 nitrogen and oxygen atoms in total. The van der Waals surface area contributed by atoms with Crippen molar-refractivity contribution in [3.05, 3.63) is 69.6 Å². The quantitative estimate of drug-likeness (QED) is 0.118. The maximum Gasteiger partial charge on any atom is 0.323 e. The fourth-order valence-corrected chi connectivity index (χ4v) is 5.64. The Balaban J connectivity index is 1.40. The van der Waals surface area contributed by atoms with E-state index in [0.717, 1.165) is 24.1 Å². The summed E-state index contributed by atoms with van der Waals surface area (Å²) in [6.07, 6.45) is 15.6. The van der Waals surface area contributed by atoms with Gasteiger partial charge in [-0.3, -0.25) is 0 Å². The number of aryl methyl sites for hydroxylation is 1. The van der Waals surface area contributed by atoms with Crippen molar-refractivity contribution < 1.29 is 14.1 Å². The molecule has 0 fully saturated rings. The van der Waals surface area contributed by atoms with Gasteiger partial charge in [-0.05, 0) is 24.6 Å². The number of nitrogens with zero attached hydrogens (tertiary/aromatic N) is 1. The minimum atomic E-state index is -0.327. The van der Waals surface area contributed by atoms with Gasteiger partial charge in [-0.25, -0.2) is 4.79 Å². The normalized spacial score (nSPS) is 10.9. The van der Waals surface area contributed by atoms with E-state index in [-0.39, 0.29) is 6.03 Å². The van der Waals surface area contributed by atoms with Crippen LogP contribution in [0.3, 0.4) is 0 Å². The van der Waals surface area contributed by atoms with Gasteiger partial charge in [0.25, 0.3) is 0 Å². The van der Waals surface area contributed by atoms with E-state index in [2.05, 4.69) is 39.9 Å². The van der Waals surface area contributed by atoms with Gasteiger partial charge >= 0.3 is 6.03 Å². The number of hydrogen-bond donors (Lipinski definition) is 2. The Labute approximate surface area is 243 Å². The van der Waals surface area contributed by atoms with E-state index in [0.29, 0.717) is 29.6 Å². The highest BCUT2D eigenvalue weighted by Crippen LogP contribution is 2.33. The van der Waals surface area contributed by atoms with Crippen molar-refractivity contribution in [1.29, 1.82) is 0 Å². The summed E-state index contributed by atoms with van der Waals surface area (Å²) in [6, 6.07) is 13.0. The van der Waals surface area contributed by atoms with E-state index in [1.54, 1.807) is 17.4 Å². The molecule has 0 unspecified atom stereocenters. The minimum Gasteiger partial charge on any atom is -0.490 e. The third kappa shape index (κ3) is 11.2. The van der Waals surface area contributed by atoms with Gasteiger partial charge in [-0.15, -0.1) is 0 Å². The number of rotatable bonds is 18. The van der Waals surface area contributed by atoms with Gasteiger partial charge in [0.15, 0.2) is 18.0 Å². The molecule has 0 aliphatic carbocycles. The van der Waals surface area contributed by atoms with Gasteiger partial charge in [-0.2, -0.15) is 4.57 Å². The number of aromatic nitrogens is 1. The maximum absolute atomic E-state index is 12.9. The van der Waals surface area contributed by atoms with Crippen LogP contribution >= 0.6 is 22.9 Å². The lowest BCUT2D eigenvalue weighted by Crippen LogP contribution is -2.35. The van der Waals surface area contributed by atoms with Crippen LogP contribution in [-0.4, -0.2) is 12.6 Å². The highest BCUT2D eigenvalue weighted by atomic mass is 35.5. The van der Waals surface area contributed by atoms with E-state index in [4.69, 9.17) is 16.3 Å². The maximum atomic E-state index is 12.9. The van der Waals surface area contributed by atoms with Crippen molar-refractivity contribution in [1.82, 2.24) is 0 Å². The van der Waals surface area contributed by atoms with Crippen molar-refractivity contribution in [2.24, 2.45) is 0 Å². The van der Waals surface area contributed by atoms with Crippen molar-refractivity contribution in [2.45, 2.75) is 97.4 Å². The average Bonchev–Trinajstić information content (AvgIpc) is 3.33. The SMILES string of the molecule is CCCCCCCCCCCCCCOc1c(Cl)cccc1NC(=O)Nc1ccccc1C[n+]1cscc1C. The Hall–Kier alpha value is -2.57. The molecule has 7 heteroatoms. The van der Waals surface area contributed by atoms with Crippen LogP contribution in [0.15, 0.2) is 53.4 Å². The van der Waals surface area contributed by atoms with Gasteiger partial charge in [-0.1, -0.05) is 125 Å². The topological polar surface area (TPSA) is 54.2 Å². The lowest BCUT2D eigenvalue weighted by molar-refractivity contribution is -0.689. The summed E-state index contributed by atoms with van der Waals surface area (Å²) in [4.78, 5) is 12.9. The summed E-state index contributed by atoms with van der Waals surface area (Å²) in [5.41, 5.74) is 5.65. The number of urea groups is 1. The Bertz CT molecular complexity index is 1130. The number of carbonyl (C=O) groups is 1. The molecular formula is C32H45ClN3O2S+. The van der Waals surface area contributed by atoms with E-state index >= 15 is 0 Å². The van der Waals surface area contributed by atoms with Gasteiger partial charge in [0.1, 0.15) is 0 Å².